The van der Waals surface area contributed by atoms with Crippen molar-refractivity contribution in [1.29, 1.82) is 0 Å². The third-order valence-electron chi connectivity index (χ3n) is 8.66. The molecule has 1 aromatic carbocycles. The molecule has 2 atom stereocenters. The standard InChI is InChI=1S/C31H40FN5O2/c1-19-9-24(32)8-7-23(19)10-25-11-28-27(13-34-25)31(5,6)18-37(28)29(38)17-35-15-21(3)33-12-26(35)16-36-14-20(2)22(4)30(36)39/h7-9,11,13,21,26,33H,10,12,14-18H2,1-6H3/t21-,26-/m1/s1. The van der Waals surface area contributed by atoms with Gasteiger partial charge in [0, 0.05) is 79.7 Å². The van der Waals surface area contributed by atoms with E-state index in [1.54, 1.807) is 6.07 Å². The van der Waals surface area contributed by atoms with Crippen LogP contribution in [0, 0.1) is 12.7 Å². The Kier molecular flexibility index (Phi) is 7.37. The van der Waals surface area contributed by atoms with Crippen molar-refractivity contribution >= 4 is 17.5 Å². The number of benzene rings is 1. The molecule has 1 saturated heterocycles. The minimum Gasteiger partial charge on any atom is -0.333 e. The van der Waals surface area contributed by atoms with Crippen LogP contribution in [0.25, 0.3) is 0 Å². The van der Waals surface area contributed by atoms with Crippen LogP contribution in [0.2, 0.25) is 0 Å². The number of nitrogens with zero attached hydrogens (tertiary/aromatic N) is 4. The lowest BCUT2D eigenvalue weighted by molar-refractivity contribution is -0.126. The van der Waals surface area contributed by atoms with E-state index in [2.05, 4.69) is 31.0 Å². The predicted molar refractivity (Wildman–Crippen MR) is 151 cm³/mol. The number of carbonyl (C=O) groups excluding carboxylic acids is 2. The second-order valence-corrected chi connectivity index (χ2v) is 12.3. The summed E-state index contributed by atoms with van der Waals surface area (Å²) in [5.41, 5.74) is 6.51. The number of hydrogen-bond donors (Lipinski definition) is 1. The van der Waals surface area contributed by atoms with Gasteiger partial charge in [-0.3, -0.25) is 19.5 Å². The maximum Gasteiger partial charge on any atom is 0.249 e. The first-order chi connectivity index (χ1) is 18.4. The fourth-order valence-electron chi connectivity index (χ4n) is 6.13. The van der Waals surface area contributed by atoms with Crippen molar-refractivity contribution in [3.05, 3.63) is 69.8 Å². The van der Waals surface area contributed by atoms with Crippen molar-refractivity contribution in [1.82, 2.24) is 20.1 Å². The fourth-order valence-corrected chi connectivity index (χ4v) is 6.13. The largest absolute Gasteiger partial charge is 0.333 e. The molecule has 0 radical (unpaired) electrons. The van der Waals surface area contributed by atoms with Crippen LogP contribution in [0.3, 0.4) is 0 Å². The van der Waals surface area contributed by atoms with Crippen molar-refractivity contribution < 1.29 is 14.0 Å². The maximum atomic E-state index is 13.9. The van der Waals surface area contributed by atoms with Gasteiger partial charge in [-0.2, -0.15) is 0 Å². The SMILES string of the molecule is CC1=C(C)C(=O)N(C[C@H]2CN[C@H](C)CN2CC(=O)N2CC(C)(C)c3cnc(Cc4ccc(F)cc4C)cc32)C1. The Balaban J connectivity index is 1.34. The van der Waals surface area contributed by atoms with Crippen LogP contribution < -0.4 is 10.2 Å². The van der Waals surface area contributed by atoms with Crippen molar-refractivity contribution in [2.24, 2.45) is 0 Å². The number of halogens is 1. The summed E-state index contributed by atoms with van der Waals surface area (Å²) < 4.78 is 13.6. The second kappa shape index (κ2) is 10.5. The zero-order valence-electron chi connectivity index (χ0n) is 24.0. The van der Waals surface area contributed by atoms with E-state index < -0.39 is 0 Å². The van der Waals surface area contributed by atoms with Gasteiger partial charge in [0.05, 0.1) is 12.2 Å². The van der Waals surface area contributed by atoms with Gasteiger partial charge < -0.3 is 15.1 Å². The number of rotatable bonds is 6. The predicted octanol–water partition coefficient (Wildman–Crippen LogP) is 3.59. The molecule has 7 nitrogen and oxygen atoms in total. The summed E-state index contributed by atoms with van der Waals surface area (Å²) in [4.78, 5) is 37.4. The quantitative estimate of drug-likeness (QED) is 0.615. The maximum absolute atomic E-state index is 13.9. The topological polar surface area (TPSA) is 68.8 Å². The number of nitrogens with one attached hydrogen (secondary N) is 1. The number of hydrogen-bond acceptors (Lipinski definition) is 5. The van der Waals surface area contributed by atoms with Gasteiger partial charge in [-0.25, -0.2) is 4.39 Å². The molecule has 1 N–H and O–H groups in total. The monoisotopic (exact) mass is 533 g/mol. The number of piperazine rings is 1. The summed E-state index contributed by atoms with van der Waals surface area (Å²) in [6.07, 6.45) is 2.49. The van der Waals surface area contributed by atoms with Crippen molar-refractivity contribution in [2.45, 2.75) is 65.5 Å². The summed E-state index contributed by atoms with van der Waals surface area (Å²) >= 11 is 0. The minimum atomic E-state index is -0.243. The molecule has 3 aliphatic rings. The third kappa shape index (κ3) is 5.50. The lowest BCUT2D eigenvalue weighted by atomic mass is 9.88. The van der Waals surface area contributed by atoms with E-state index in [-0.39, 0.29) is 35.1 Å². The summed E-state index contributed by atoms with van der Waals surface area (Å²) in [7, 11) is 0. The highest BCUT2D eigenvalue weighted by atomic mass is 19.1. The number of amides is 2. The number of fused-ring (bicyclic) bond motifs is 1. The first-order valence-corrected chi connectivity index (χ1v) is 13.9. The molecular formula is C31H40FN5O2. The Morgan fingerprint density at radius 2 is 1.97 bits per heavy atom. The van der Waals surface area contributed by atoms with Crippen molar-refractivity contribution in [3.8, 4) is 0 Å². The molecule has 5 rings (SSSR count). The smallest absolute Gasteiger partial charge is 0.249 e. The Bertz CT molecular complexity index is 1340. The molecule has 39 heavy (non-hydrogen) atoms. The highest BCUT2D eigenvalue weighted by Gasteiger charge is 2.40. The Morgan fingerprint density at radius 3 is 2.67 bits per heavy atom. The second-order valence-electron chi connectivity index (χ2n) is 12.3. The Labute approximate surface area is 231 Å². The molecule has 4 heterocycles. The van der Waals surface area contributed by atoms with Crippen LogP contribution in [-0.2, 0) is 21.4 Å². The van der Waals surface area contributed by atoms with Crippen LogP contribution in [-0.4, -0.2) is 78.0 Å². The fraction of sp³-hybridized carbons (Fsp3) is 0.516. The van der Waals surface area contributed by atoms with Gasteiger partial charge in [0.2, 0.25) is 11.8 Å². The summed E-state index contributed by atoms with van der Waals surface area (Å²) in [5, 5.41) is 3.53. The zero-order valence-corrected chi connectivity index (χ0v) is 24.0. The first kappa shape index (κ1) is 27.5. The van der Waals surface area contributed by atoms with E-state index in [1.807, 2.05) is 48.9 Å². The van der Waals surface area contributed by atoms with E-state index in [4.69, 9.17) is 4.98 Å². The van der Waals surface area contributed by atoms with E-state index in [1.165, 1.54) is 6.07 Å². The van der Waals surface area contributed by atoms with E-state index in [0.29, 0.717) is 32.6 Å². The Hall–Kier alpha value is -3.10. The van der Waals surface area contributed by atoms with Crippen molar-refractivity contribution in [2.75, 3.05) is 44.2 Å². The van der Waals surface area contributed by atoms with E-state index in [9.17, 15) is 14.0 Å². The molecule has 2 aromatic rings. The van der Waals surface area contributed by atoms with Gasteiger partial charge in [-0.15, -0.1) is 0 Å². The average Bonchev–Trinajstić information content (AvgIpc) is 3.28. The number of pyridine rings is 1. The normalized spacial score (nSPS) is 23.1. The first-order valence-electron chi connectivity index (χ1n) is 13.9. The molecule has 208 valence electrons. The molecule has 8 heteroatoms. The number of anilines is 1. The summed E-state index contributed by atoms with van der Waals surface area (Å²) in [6.45, 7) is 15.9. The Morgan fingerprint density at radius 1 is 1.21 bits per heavy atom. The van der Waals surface area contributed by atoms with Gasteiger partial charge >= 0.3 is 0 Å². The lowest BCUT2D eigenvalue weighted by Crippen LogP contribution is -2.61. The molecular weight excluding hydrogens is 493 g/mol. The molecule has 0 saturated carbocycles. The molecule has 0 aliphatic carbocycles. The minimum absolute atomic E-state index is 0.0641. The van der Waals surface area contributed by atoms with Crippen LogP contribution in [0.4, 0.5) is 10.1 Å². The van der Waals surface area contributed by atoms with Gasteiger partial charge in [-0.05, 0) is 62.6 Å². The van der Waals surface area contributed by atoms with Crippen molar-refractivity contribution in [3.63, 3.8) is 0 Å². The van der Waals surface area contributed by atoms with E-state index in [0.717, 1.165) is 52.3 Å². The highest BCUT2D eigenvalue weighted by molar-refractivity contribution is 5.98. The van der Waals surface area contributed by atoms with Crippen LogP contribution >= 0.6 is 0 Å². The highest BCUT2D eigenvalue weighted by Crippen LogP contribution is 2.40. The lowest BCUT2D eigenvalue weighted by Gasteiger charge is -2.41. The number of aromatic nitrogens is 1. The molecule has 1 fully saturated rings. The molecule has 2 amide bonds. The third-order valence-corrected chi connectivity index (χ3v) is 8.66. The number of carbonyl (C=O) groups is 2. The molecule has 0 bridgehead atoms. The van der Waals surface area contributed by atoms with Gasteiger partial charge in [0.1, 0.15) is 5.82 Å². The van der Waals surface area contributed by atoms with Crippen LogP contribution in [0.5, 0.6) is 0 Å². The zero-order chi connectivity index (χ0) is 28.1. The van der Waals surface area contributed by atoms with Crippen LogP contribution in [0.1, 0.15) is 57.0 Å². The van der Waals surface area contributed by atoms with Gasteiger partial charge in [-0.1, -0.05) is 19.9 Å². The van der Waals surface area contributed by atoms with Crippen LogP contribution in [0.15, 0.2) is 41.6 Å². The van der Waals surface area contributed by atoms with E-state index >= 15 is 0 Å². The van der Waals surface area contributed by atoms with Gasteiger partial charge in [0.15, 0.2) is 0 Å². The summed E-state index contributed by atoms with van der Waals surface area (Å²) in [6, 6.07) is 7.19. The molecule has 0 spiro atoms. The average molecular weight is 534 g/mol. The molecule has 0 unspecified atom stereocenters. The molecule has 3 aliphatic heterocycles. The molecule has 1 aromatic heterocycles. The number of aryl methyl sites for hydroxylation is 1. The van der Waals surface area contributed by atoms with Gasteiger partial charge in [0.25, 0.3) is 0 Å². The summed E-state index contributed by atoms with van der Waals surface area (Å²) in [5.74, 6) is -0.0776.